The highest BCUT2D eigenvalue weighted by molar-refractivity contribution is 5.22. The number of benzene rings is 1. The van der Waals surface area contributed by atoms with Gasteiger partial charge >= 0.3 is 0 Å². The van der Waals surface area contributed by atoms with Crippen molar-refractivity contribution in [1.29, 1.82) is 0 Å². The van der Waals surface area contributed by atoms with Crippen molar-refractivity contribution in [3.63, 3.8) is 0 Å². The normalized spacial score (nSPS) is 13.0. The first-order chi connectivity index (χ1) is 8.11. The molecule has 0 fully saturated rings. The molecule has 0 aliphatic heterocycles. The Bertz CT molecular complexity index is 303. The largest absolute Gasteiger partial charge is 0.314 e. The van der Waals surface area contributed by atoms with Crippen molar-refractivity contribution in [2.24, 2.45) is 0 Å². The highest BCUT2D eigenvalue weighted by Gasteiger charge is 2.08. The number of rotatable bonds is 7. The van der Waals surface area contributed by atoms with Crippen LogP contribution in [-0.2, 0) is 6.42 Å². The highest BCUT2D eigenvalue weighted by Crippen LogP contribution is 2.08. The predicted molar refractivity (Wildman–Crippen MR) is 75.5 cm³/mol. The molecule has 2 heteroatoms. The quantitative estimate of drug-likeness (QED) is 0.779. The van der Waals surface area contributed by atoms with E-state index in [2.05, 4.69) is 62.4 Å². The first-order valence-corrected chi connectivity index (χ1v) is 6.55. The van der Waals surface area contributed by atoms with Gasteiger partial charge < -0.3 is 10.2 Å². The average Bonchev–Trinajstić information content (AvgIpc) is 2.29. The second-order valence-electron chi connectivity index (χ2n) is 5.04. The van der Waals surface area contributed by atoms with Gasteiger partial charge in [-0.3, -0.25) is 0 Å². The minimum atomic E-state index is 0.588. The molecule has 0 aliphatic rings. The van der Waals surface area contributed by atoms with Crippen LogP contribution in [0.2, 0.25) is 0 Å². The van der Waals surface area contributed by atoms with E-state index in [0.29, 0.717) is 6.04 Å². The minimum absolute atomic E-state index is 0.588. The van der Waals surface area contributed by atoms with Gasteiger partial charge in [0.2, 0.25) is 0 Å². The first kappa shape index (κ1) is 14.2. The van der Waals surface area contributed by atoms with Crippen molar-refractivity contribution in [3.05, 3.63) is 35.4 Å². The van der Waals surface area contributed by atoms with Gasteiger partial charge in [0.15, 0.2) is 0 Å². The third-order valence-electron chi connectivity index (χ3n) is 3.02. The van der Waals surface area contributed by atoms with E-state index >= 15 is 0 Å². The molecule has 1 unspecified atom stereocenters. The maximum absolute atomic E-state index is 3.57. The van der Waals surface area contributed by atoms with Gasteiger partial charge in [-0.05, 0) is 52.5 Å². The van der Waals surface area contributed by atoms with Crippen LogP contribution in [0.5, 0.6) is 0 Å². The van der Waals surface area contributed by atoms with E-state index in [4.69, 9.17) is 0 Å². The lowest BCUT2D eigenvalue weighted by molar-refractivity contribution is 0.358. The van der Waals surface area contributed by atoms with Gasteiger partial charge in [0.25, 0.3) is 0 Å². The Morgan fingerprint density at radius 2 is 1.82 bits per heavy atom. The third-order valence-corrected chi connectivity index (χ3v) is 3.02. The van der Waals surface area contributed by atoms with Crippen LogP contribution in [0.15, 0.2) is 24.3 Å². The van der Waals surface area contributed by atoms with E-state index in [1.54, 1.807) is 0 Å². The maximum Gasteiger partial charge on any atom is 0.0119 e. The minimum Gasteiger partial charge on any atom is -0.314 e. The topological polar surface area (TPSA) is 15.3 Å². The van der Waals surface area contributed by atoms with Crippen LogP contribution in [0.25, 0.3) is 0 Å². The molecule has 0 radical (unpaired) electrons. The molecule has 17 heavy (non-hydrogen) atoms. The molecule has 1 aromatic carbocycles. The summed E-state index contributed by atoms with van der Waals surface area (Å²) >= 11 is 0. The Balaban J connectivity index is 2.50. The van der Waals surface area contributed by atoms with Gasteiger partial charge in [0.05, 0.1) is 0 Å². The van der Waals surface area contributed by atoms with E-state index in [1.807, 2.05) is 0 Å². The molecule has 0 heterocycles. The zero-order valence-corrected chi connectivity index (χ0v) is 11.7. The fourth-order valence-electron chi connectivity index (χ4n) is 1.99. The molecule has 0 aromatic heterocycles. The predicted octanol–water partition coefficient (Wildman–Crippen LogP) is 2.47. The van der Waals surface area contributed by atoms with Crippen LogP contribution < -0.4 is 5.32 Å². The van der Waals surface area contributed by atoms with Gasteiger partial charge in [0, 0.05) is 6.04 Å². The molecule has 1 N–H and O–H groups in total. The number of nitrogens with zero attached hydrogens (tertiary/aromatic N) is 1. The summed E-state index contributed by atoms with van der Waals surface area (Å²) in [6.45, 7) is 6.50. The number of likely N-dealkylation sites (N-methyl/N-ethyl adjacent to an activating group) is 1. The fraction of sp³-hybridized carbons (Fsp3) is 0.600. The van der Waals surface area contributed by atoms with Crippen molar-refractivity contribution >= 4 is 0 Å². The number of aryl methyl sites for hydroxylation is 1. The Hall–Kier alpha value is -0.860. The molecular weight excluding hydrogens is 208 g/mol. The number of hydrogen-bond acceptors (Lipinski definition) is 2. The van der Waals surface area contributed by atoms with Crippen LogP contribution in [0.3, 0.4) is 0 Å². The molecule has 1 rings (SSSR count). The van der Waals surface area contributed by atoms with Crippen molar-refractivity contribution < 1.29 is 0 Å². The van der Waals surface area contributed by atoms with E-state index in [-0.39, 0.29) is 0 Å². The molecule has 1 atom stereocenters. The van der Waals surface area contributed by atoms with Gasteiger partial charge in [-0.1, -0.05) is 36.8 Å². The molecule has 0 saturated carbocycles. The van der Waals surface area contributed by atoms with Crippen LogP contribution in [0.4, 0.5) is 0 Å². The van der Waals surface area contributed by atoms with Crippen molar-refractivity contribution in [1.82, 2.24) is 10.2 Å². The van der Waals surface area contributed by atoms with Crippen LogP contribution in [-0.4, -0.2) is 38.1 Å². The molecule has 0 spiro atoms. The van der Waals surface area contributed by atoms with Gasteiger partial charge in [-0.15, -0.1) is 0 Å². The molecule has 2 nitrogen and oxygen atoms in total. The summed E-state index contributed by atoms with van der Waals surface area (Å²) in [5.74, 6) is 0. The fourth-order valence-corrected chi connectivity index (χ4v) is 1.99. The SMILES string of the molecule is CCNC(CCN(C)C)Cc1ccc(C)cc1. The zero-order valence-electron chi connectivity index (χ0n) is 11.7. The van der Waals surface area contributed by atoms with E-state index < -0.39 is 0 Å². The zero-order chi connectivity index (χ0) is 12.7. The summed E-state index contributed by atoms with van der Waals surface area (Å²) in [7, 11) is 4.27. The average molecular weight is 234 g/mol. The molecule has 0 aliphatic carbocycles. The van der Waals surface area contributed by atoms with Crippen LogP contribution in [0, 0.1) is 6.92 Å². The summed E-state index contributed by atoms with van der Waals surface area (Å²) in [6.07, 6.45) is 2.33. The van der Waals surface area contributed by atoms with Gasteiger partial charge in [0.1, 0.15) is 0 Å². The Kier molecular flexibility index (Phi) is 6.23. The van der Waals surface area contributed by atoms with E-state index in [0.717, 1.165) is 19.5 Å². The Labute approximate surface area is 106 Å². The standard InChI is InChI=1S/C15H26N2/c1-5-16-15(10-11-17(3)4)12-14-8-6-13(2)7-9-14/h6-9,15-16H,5,10-12H2,1-4H3. The van der Waals surface area contributed by atoms with Gasteiger partial charge in [-0.25, -0.2) is 0 Å². The summed E-state index contributed by atoms with van der Waals surface area (Å²) in [5, 5.41) is 3.57. The highest BCUT2D eigenvalue weighted by atomic mass is 15.1. The summed E-state index contributed by atoms with van der Waals surface area (Å²) in [6, 6.07) is 9.48. The molecule has 0 saturated heterocycles. The lowest BCUT2D eigenvalue weighted by Gasteiger charge is -2.20. The third kappa shape index (κ3) is 5.85. The maximum atomic E-state index is 3.57. The monoisotopic (exact) mass is 234 g/mol. The van der Waals surface area contributed by atoms with Crippen LogP contribution in [0.1, 0.15) is 24.5 Å². The summed E-state index contributed by atoms with van der Waals surface area (Å²) < 4.78 is 0. The lowest BCUT2D eigenvalue weighted by Crippen LogP contribution is -2.34. The Morgan fingerprint density at radius 3 is 2.35 bits per heavy atom. The molecule has 0 bridgehead atoms. The van der Waals surface area contributed by atoms with Crippen LogP contribution >= 0.6 is 0 Å². The van der Waals surface area contributed by atoms with Crippen molar-refractivity contribution in [2.45, 2.75) is 32.7 Å². The molecule has 1 aromatic rings. The summed E-state index contributed by atoms with van der Waals surface area (Å²) in [4.78, 5) is 2.25. The van der Waals surface area contributed by atoms with E-state index in [9.17, 15) is 0 Å². The summed E-state index contributed by atoms with van der Waals surface area (Å²) in [5.41, 5.74) is 2.77. The smallest absolute Gasteiger partial charge is 0.0119 e. The second-order valence-corrected chi connectivity index (χ2v) is 5.04. The number of hydrogen-bond donors (Lipinski definition) is 1. The lowest BCUT2D eigenvalue weighted by atomic mass is 10.0. The van der Waals surface area contributed by atoms with E-state index in [1.165, 1.54) is 17.5 Å². The Morgan fingerprint density at radius 1 is 1.18 bits per heavy atom. The first-order valence-electron chi connectivity index (χ1n) is 6.55. The van der Waals surface area contributed by atoms with Gasteiger partial charge in [-0.2, -0.15) is 0 Å². The second kappa shape index (κ2) is 7.46. The van der Waals surface area contributed by atoms with Crippen molar-refractivity contribution in [2.75, 3.05) is 27.2 Å². The van der Waals surface area contributed by atoms with Crippen molar-refractivity contribution in [3.8, 4) is 0 Å². The molecule has 0 amide bonds. The molecular formula is C15H26N2. The molecule has 96 valence electrons. The number of nitrogens with one attached hydrogen (secondary N) is 1.